The van der Waals surface area contributed by atoms with Gasteiger partial charge in [0.25, 0.3) is 0 Å². The standard InChI is InChI=1S/C7H7N2/c1-2-6(1)7-5-8-3-4-9-7/h3-4,6H,1-2H2. The highest BCUT2D eigenvalue weighted by Gasteiger charge is 2.24. The summed E-state index contributed by atoms with van der Waals surface area (Å²) in [5.74, 6) is 0.679. The van der Waals surface area contributed by atoms with E-state index in [1.165, 1.54) is 12.8 Å². The van der Waals surface area contributed by atoms with Crippen molar-refractivity contribution < 1.29 is 0 Å². The number of hydrogen-bond donors (Lipinski definition) is 0. The van der Waals surface area contributed by atoms with Crippen LogP contribution in [-0.4, -0.2) is 9.97 Å². The maximum absolute atomic E-state index is 4.12. The molecular formula is C7H7N2. The van der Waals surface area contributed by atoms with Gasteiger partial charge >= 0.3 is 0 Å². The minimum atomic E-state index is 0.679. The fourth-order valence-corrected chi connectivity index (χ4v) is 0.833. The molecule has 0 N–H and O–H groups in total. The van der Waals surface area contributed by atoms with Crippen LogP contribution in [0, 0.1) is 6.20 Å². The first-order valence-electron chi connectivity index (χ1n) is 3.15. The first-order chi connectivity index (χ1) is 4.47. The Morgan fingerprint density at radius 2 is 2.33 bits per heavy atom. The van der Waals surface area contributed by atoms with Gasteiger partial charge in [0, 0.05) is 18.3 Å². The van der Waals surface area contributed by atoms with E-state index in [-0.39, 0.29) is 0 Å². The zero-order chi connectivity index (χ0) is 6.10. The van der Waals surface area contributed by atoms with E-state index in [4.69, 9.17) is 0 Å². The van der Waals surface area contributed by atoms with E-state index < -0.39 is 0 Å². The van der Waals surface area contributed by atoms with Crippen LogP contribution < -0.4 is 0 Å². The van der Waals surface area contributed by atoms with Crippen molar-refractivity contribution in [2.45, 2.75) is 18.8 Å². The van der Waals surface area contributed by atoms with Gasteiger partial charge in [-0.1, -0.05) is 0 Å². The Hall–Kier alpha value is -0.920. The number of hydrogen-bond acceptors (Lipinski definition) is 2. The summed E-state index contributed by atoms with van der Waals surface area (Å²) in [4.78, 5) is 7.98. The van der Waals surface area contributed by atoms with Gasteiger partial charge in [0.1, 0.15) is 6.20 Å². The zero-order valence-corrected chi connectivity index (χ0v) is 5.04. The lowest BCUT2D eigenvalue weighted by atomic mass is 10.3. The molecule has 1 aromatic heterocycles. The molecule has 0 aromatic carbocycles. The van der Waals surface area contributed by atoms with Gasteiger partial charge in [0.15, 0.2) is 0 Å². The Morgan fingerprint density at radius 3 is 2.89 bits per heavy atom. The van der Waals surface area contributed by atoms with Crippen LogP contribution in [0.5, 0.6) is 0 Å². The van der Waals surface area contributed by atoms with Crippen molar-refractivity contribution in [2.24, 2.45) is 0 Å². The molecule has 1 aliphatic rings. The fraction of sp³-hybridized carbons (Fsp3) is 0.429. The molecule has 0 unspecified atom stereocenters. The van der Waals surface area contributed by atoms with Crippen LogP contribution in [0.1, 0.15) is 24.5 Å². The average molecular weight is 119 g/mol. The molecule has 1 heterocycles. The lowest BCUT2D eigenvalue weighted by molar-refractivity contribution is 0.981. The molecule has 1 saturated carbocycles. The summed E-state index contributed by atoms with van der Waals surface area (Å²) < 4.78 is 0. The van der Waals surface area contributed by atoms with Crippen molar-refractivity contribution in [3.8, 4) is 0 Å². The Balaban J connectivity index is 2.29. The molecule has 2 rings (SSSR count). The maximum atomic E-state index is 4.12. The molecule has 0 bridgehead atoms. The predicted molar refractivity (Wildman–Crippen MR) is 32.8 cm³/mol. The molecule has 0 atom stereocenters. The minimum Gasteiger partial charge on any atom is -0.257 e. The SMILES string of the molecule is [c]1nccnc1C1CC1. The van der Waals surface area contributed by atoms with Crippen molar-refractivity contribution >= 4 is 0 Å². The maximum Gasteiger partial charge on any atom is 0.112 e. The molecule has 45 valence electrons. The van der Waals surface area contributed by atoms with Crippen molar-refractivity contribution in [3.05, 3.63) is 24.3 Å². The summed E-state index contributed by atoms with van der Waals surface area (Å²) >= 11 is 0. The van der Waals surface area contributed by atoms with Crippen molar-refractivity contribution in [1.82, 2.24) is 9.97 Å². The van der Waals surface area contributed by atoms with Crippen LogP contribution in [0.15, 0.2) is 12.4 Å². The topological polar surface area (TPSA) is 25.8 Å². The first-order valence-corrected chi connectivity index (χ1v) is 3.15. The van der Waals surface area contributed by atoms with E-state index in [1.54, 1.807) is 12.4 Å². The fourth-order valence-electron chi connectivity index (χ4n) is 0.833. The third-order valence-electron chi connectivity index (χ3n) is 1.50. The smallest absolute Gasteiger partial charge is 0.112 e. The van der Waals surface area contributed by atoms with E-state index in [1.807, 2.05) is 0 Å². The minimum absolute atomic E-state index is 0.679. The van der Waals surface area contributed by atoms with E-state index in [9.17, 15) is 0 Å². The predicted octanol–water partition coefficient (Wildman–Crippen LogP) is 1.15. The van der Waals surface area contributed by atoms with Crippen molar-refractivity contribution in [2.75, 3.05) is 0 Å². The highest BCUT2D eigenvalue weighted by Crippen LogP contribution is 2.37. The molecule has 1 fully saturated rings. The Kier molecular flexibility index (Phi) is 0.979. The second kappa shape index (κ2) is 1.79. The summed E-state index contributed by atoms with van der Waals surface area (Å²) in [6.07, 6.45) is 8.80. The van der Waals surface area contributed by atoms with Crippen molar-refractivity contribution in [3.63, 3.8) is 0 Å². The second-order valence-electron chi connectivity index (χ2n) is 2.33. The molecule has 0 spiro atoms. The molecule has 0 saturated heterocycles. The van der Waals surface area contributed by atoms with E-state index >= 15 is 0 Å². The van der Waals surface area contributed by atoms with Crippen LogP contribution in [0.2, 0.25) is 0 Å². The van der Waals surface area contributed by atoms with Crippen molar-refractivity contribution in [1.29, 1.82) is 0 Å². The van der Waals surface area contributed by atoms with Gasteiger partial charge in [-0.15, -0.1) is 0 Å². The van der Waals surface area contributed by atoms with Gasteiger partial charge in [0.2, 0.25) is 0 Å². The highest BCUT2D eigenvalue weighted by molar-refractivity contribution is 5.08. The molecule has 2 heteroatoms. The third-order valence-corrected chi connectivity index (χ3v) is 1.50. The van der Waals surface area contributed by atoms with Crippen LogP contribution in [0.25, 0.3) is 0 Å². The van der Waals surface area contributed by atoms with E-state index in [0.29, 0.717) is 5.92 Å². The summed E-state index contributed by atoms with van der Waals surface area (Å²) in [5, 5.41) is 0. The molecular weight excluding hydrogens is 112 g/mol. The molecule has 2 nitrogen and oxygen atoms in total. The molecule has 0 aliphatic heterocycles. The number of aromatic nitrogens is 2. The number of nitrogens with zero attached hydrogens (tertiary/aromatic N) is 2. The lowest BCUT2D eigenvalue weighted by Gasteiger charge is -1.89. The van der Waals surface area contributed by atoms with Gasteiger partial charge in [-0.2, -0.15) is 0 Å². The quantitative estimate of drug-likeness (QED) is 0.554. The monoisotopic (exact) mass is 119 g/mol. The second-order valence-corrected chi connectivity index (χ2v) is 2.33. The van der Waals surface area contributed by atoms with Gasteiger partial charge in [-0.05, 0) is 12.8 Å². The largest absolute Gasteiger partial charge is 0.257 e. The average Bonchev–Trinajstić information content (AvgIpc) is 2.71. The highest BCUT2D eigenvalue weighted by atomic mass is 14.8. The summed E-state index contributed by atoms with van der Waals surface area (Å²) in [5.41, 5.74) is 1.04. The third kappa shape index (κ3) is 0.922. The van der Waals surface area contributed by atoms with Crippen LogP contribution in [-0.2, 0) is 0 Å². The Labute approximate surface area is 54.0 Å². The zero-order valence-electron chi connectivity index (χ0n) is 5.04. The van der Waals surface area contributed by atoms with Crippen LogP contribution in [0.3, 0.4) is 0 Å². The lowest BCUT2D eigenvalue weighted by Crippen LogP contribution is -1.85. The van der Waals surface area contributed by atoms with E-state index in [0.717, 1.165) is 5.69 Å². The van der Waals surface area contributed by atoms with Crippen LogP contribution >= 0.6 is 0 Å². The van der Waals surface area contributed by atoms with Gasteiger partial charge in [-0.25, -0.2) is 0 Å². The summed E-state index contributed by atoms with van der Waals surface area (Å²) in [7, 11) is 0. The summed E-state index contributed by atoms with van der Waals surface area (Å²) in [6, 6.07) is 0. The molecule has 1 aromatic rings. The summed E-state index contributed by atoms with van der Waals surface area (Å²) in [6.45, 7) is 0. The molecule has 1 radical (unpaired) electrons. The Bertz CT molecular complexity index is 191. The molecule has 1 aliphatic carbocycles. The molecule has 0 amide bonds. The number of rotatable bonds is 1. The van der Waals surface area contributed by atoms with Crippen LogP contribution in [0.4, 0.5) is 0 Å². The first kappa shape index (κ1) is 4.91. The van der Waals surface area contributed by atoms with Gasteiger partial charge in [0.05, 0.1) is 5.69 Å². The van der Waals surface area contributed by atoms with E-state index in [2.05, 4.69) is 16.2 Å². The normalized spacial score (nSPS) is 17.8. The Morgan fingerprint density at radius 1 is 1.44 bits per heavy atom. The van der Waals surface area contributed by atoms with Gasteiger partial charge in [-0.3, -0.25) is 9.97 Å². The molecule has 9 heavy (non-hydrogen) atoms. The van der Waals surface area contributed by atoms with Gasteiger partial charge < -0.3 is 0 Å².